The van der Waals surface area contributed by atoms with Crippen LogP contribution in [0.4, 0.5) is 11.5 Å². The van der Waals surface area contributed by atoms with Crippen LogP contribution in [-0.2, 0) is 6.54 Å². The smallest absolute Gasteiger partial charge is 0.272 e. The molecule has 3 aromatic heterocycles. The van der Waals surface area contributed by atoms with Crippen molar-refractivity contribution in [1.29, 1.82) is 0 Å². The summed E-state index contributed by atoms with van der Waals surface area (Å²) in [5.41, 5.74) is 11.7. The highest BCUT2D eigenvalue weighted by Gasteiger charge is 2.22. The summed E-state index contributed by atoms with van der Waals surface area (Å²) in [4.78, 5) is 37.5. The Morgan fingerprint density at radius 1 is 0.848 bits per heavy atom. The standard InChI is InChI=1S/C34H33N7O3.C2H6/c1-2-44-31-28(29(42)30(31)43)37-19-7-6-18-36-21-22-12-14-24(15-13-22)41-33(25-11-8-20-38-32(25)35)40-27-17-16-26(39-34(27)41)23-9-4-3-5-10-23;1-2/h3-5,8-17,20,36-37H,2,6-7,18-19,21H2,1H3,(H2,35,38);1-2H3. The van der Waals surface area contributed by atoms with Crippen molar-refractivity contribution in [3.63, 3.8) is 0 Å². The minimum Gasteiger partial charge on any atom is -0.488 e. The van der Waals surface area contributed by atoms with Crippen LogP contribution in [0.15, 0.2) is 94.6 Å². The van der Waals surface area contributed by atoms with Crippen molar-refractivity contribution < 1.29 is 4.74 Å². The van der Waals surface area contributed by atoms with Gasteiger partial charge in [0.1, 0.15) is 17.0 Å². The summed E-state index contributed by atoms with van der Waals surface area (Å²) in [6, 6.07) is 26.1. The number of anilines is 2. The number of nitrogens with zero attached hydrogens (tertiary/aromatic N) is 4. The Morgan fingerprint density at radius 2 is 1.61 bits per heavy atom. The second-order valence-corrected chi connectivity index (χ2v) is 10.4. The molecule has 0 aliphatic heterocycles. The number of unbranched alkanes of at least 4 members (excludes halogenated alkanes) is 1. The van der Waals surface area contributed by atoms with Crippen LogP contribution in [0.1, 0.15) is 39.2 Å². The van der Waals surface area contributed by atoms with Crippen molar-refractivity contribution in [3.05, 3.63) is 111 Å². The number of nitrogen functional groups attached to an aromatic ring is 1. The van der Waals surface area contributed by atoms with Crippen molar-refractivity contribution in [1.82, 2.24) is 24.8 Å². The molecule has 0 bridgehead atoms. The molecule has 6 rings (SSSR count). The summed E-state index contributed by atoms with van der Waals surface area (Å²) in [5.74, 6) is 1.24. The quantitative estimate of drug-likeness (QED) is 0.110. The molecular formula is C36H39N7O3. The fourth-order valence-electron chi connectivity index (χ4n) is 5.16. The zero-order valence-electron chi connectivity index (χ0n) is 26.4. The van der Waals surface area contributed by atoms with Crippen molar-refractivity contribution in [2.24, 2.45) is 0 Å². The monoisotopic (exact) mass is 617 g/mol. The number of nitrogens with one attached hydrogen (secondary N) is 2. The van der Waals surface area contributed by atoms with Gasteiger partial charge < -0.3 is 21.1 Å². The molecule has 0 spiro atoms. The maximum absolute atomic E-state index is 11.7. The molecule has 236 valence electrons. The van der Waals surface area contributed by atoms with Gasteiger partial charge in [-0.3, -0.25) is 14.2 Å². The number of aromatic nitrogens is 4. The van der Waals surface area contributed by atoms with E-state index in [1.54, 1.807) is 13.1 Å². The fraction of sp³-hybridized carbons (Fsp3) is 0.250. The lowest BCUT2D eigenvalue weighted by molar-refractivity contribution is 0.334. The average Bonchev–Trinajstić information content (AvgIpc) is 3.49. The minimum absolute atomic E-state index is 0.159. The van der Waals surface area contributed by atoms with Crippen LogP contribution in [-0.4, -0.2) is 39.2 Å². The van der Waals surface area contributed by atoms with Gasteiger partial charge in [0.2, 0.25) is 0 Å². The Bertz CT molecular complexity index is 1960. The van der Waals surface area contributed by atoms with Crippen molar-refractivity contribution in [3.8, 4) is 34.1 Å². The number of ether oxygens (including phenoxy) is 1. The van der Waals surface area contributed by atoms with Gasteiger partial charge in [0, 0.05) is 30.5 Å². The zero-order valence-corrected chi connectivity index (χ0v) is 26.4. The van der Waals surface area contributed by atoms with Gasteiger partial charge >= 0.3 is 0 Å². The van der Waals surface area contributed by atoms with Gasteiger partial charge in [-0.2, -0.15) is 0 Å². The number of benzene rings is 2. The van der Waals surface area contributed by atoms with Crippen LogP contribution >= 0.6 is 0 Å². The third-order valence-electron chi connectivity index (χ3n) is 7.41. The van der Waals surface area contributed by atoms with Crippen LogP contribution in [0.2, 0.25) is 0 Å². The lowest BCUT2D eigenvalue weighted by Crippen LogP contribution is -2.36. The van der Waals surface area contributed by atoms with Gasteiger partial charge in [0.25, 0.3) is 10.9 Å². The number of fused-ring (bicyclic) bond motifs is 1. The highest BCUT2D eigenvalue weighted by Crippen LogP contribution is 2.31. The predicted octanol–water partition coefficient (Wildman–Crippen LogP) is 5.73. The molecule has 0 aliphatic carbocycles. The number of hydrogen-bond donors (Lipinski definition) is 3. The van der Waals surface area contributed by atoms with E-state index in [-0.39, 0.29) is 5.75 Å². The van der Waals surface area contributed by atoms with E-state index in [9.17, 15) is 9.59 Å². The molecule has 10 nitrogen and oxygen atoms in total. The first-order chi connectivity index (χ1) is 22.5. The fourth-order valence-corrected chi connectivity index (χ4v) is 5.16. The van der Waals surface area contributed by atoms with E-state index in [2.05, 4.69) is 39.9 Å². The van der Waals surface area contributed by atoms with Crippen molar-refractivity contribution >= 4 is 22.7 Å². The molecule has 3 aromatic carbocycles. The molecule has 0 radical (unpaired) electrons. The highest BCUT2D eigenvalue weighted by atomic mass is 16.5. The average molecular weight is 618 g/mol. The highest BCUT2D eigenvalue weighted by molar-refractivity contribution is 5.84. The van der Waals surface area contributed by atoms with Gasteiger partial charge in [-0.1, -0.05) is 56.3 Å². The lowest BCUT2D eigenvalue weighted by Gasteiger charge is -2.13. The Labute approximate surface area is 268 Å². The molecule has 0 fully saturated rings. The molecule has 0 amide bonds. The third-order valence-corrected chi connectivity index (χ3v) is 7.41. The maximum Gasteiger partial charge on any atom is 0.272 e. The molecule has 6 aromatic rings. The van der Waals surface area contributed by atoms with E-state index in [4.69, 9.17) is 20.4 Å². The van der Waals surface area contributed by atoms with E-state index < -0.39 is 10.9 Å². The maximum atomic E-state index is 11.7. The molecule has 4 N–H and O–H groups in total. The molecular weight excluding hydrogens is 578 g/mol. The van der Waals surface area contributed by atoms with Gasteiger partial charge in [-0.15, -0.1) is 0 Å². The second kappa shape index (κ2) is 15.1. The number of hydrogen-bond acceptors (Lipinski definition) is 9. The van der Waals surface area contributed by atoms with Gasteiger partial charge in [-0.05, 0) is 68.3 Å². The lowest BCUT2D eigenvalue weighted by atomic mass is 10.1. The number of rotatable bonds is 13. The molecule has 0 saturated carbocycles. The van der Waals surface area contributed by atoms with Crippen LogP contribution in [0.25, 0.3) is 39.5 Å². The number of imidazole rings is 1. The molecule has 0 aliphatic rings. The summed E-state index contributed by atoms with van der Waals surface area (Å²) >= 11 is 0. The van der Waals surface area contributed by atoms with E-state index in [0.29, 0.717) is 37.0 Å². The SMILES string of the molecule is CC.CCOc1c(NCCCCNCc2ccc(-n3c(-c4cccnc4N)nc4ccc(-c5ccccc5)nc43)cc2)c(=O)c1=O. The predicted molar refractivity (Wildman–Crippen MR) is 185 cm³/mol. The molecule has 3 heterocycles. The van der Waals surface area contributed by atoms with Gasteiger partial charge in [-0.25, -0.2) is 15.0 Å². The largest absolute Gasteiger partial charge is 0.488 e. The van der Waals surface area contributed by atoms with Crippen molar-refractivity contribution in [2.75, 3.05) is 30.7 Å². The number of nitrogens with two attached hydrogens (primary N) is 1. The van der Waals surface area contributed by atoms with Crippen LogP contribution < -0.4 is 32.0 Å². The molecule has 0 atom stereocenters. The Kier molecular flexibility index (Phi) is 10.5. The Morgan fingerprint density at radius 3 is 2.35 bits per heavy atom. The topological polar surface area (TPSA) is 137 Å². The minimum atomic E-state index is -0.547. The molecule has 46 heavy (non-hydrogen) atoms. The molecule has 10 heteroatoms. The first-order valence-corrected chi connectivity index (χ1v) is 15.7. The summed E-state index contributed by atoms with van der Waals surface area (Å²) in [6.07, 6.45) is 3.43. The number of pyridine rings is 2. The van der Waals surface area contributed by atoms with E-state index >= 15 is 0 Å². The van der Waals surface area contributed by atoms with Crippen LogP contribution in [0.3, 0.4) is 0 Å². The normalized spacial score (nSPS) is 10.9. The molecule has 0 unspecified atom stereocenters. The summed E-state index contributed by atoms with van der Waals surface area (Å²) in [5, 5.41) is 6.51. The summed E-state index contributed by atoms with van der Waals surface area (Å²) < 4.78 is 7.28. The van der Waals surface area contributed by atoms with Crippen molar-refractivity contribution in [2.45, 2.75) is 40.2 Å². The van der Waals surface area contributed by atoms with E-state index in [0.717, 1.165) is 58.6 Å². The Balaban J connectivity index is 0.00000204. The molecule has 0 saturated heterocycles. The van der Waals surface area contributed by atoms with Gasteiger partial charge in [0.15, 0.2) is 17.2 Å². The van der Waals surface area contributed by atoms with Crippen LogP contribution in [0, 0.1) is 0 Å². The van der Waals surface area contributed by atoms with E-state index in [1.807, 2.05) is 73.0 Å². The van der Waals surface area contributed by atoms with E-state index in [1.165, 1.54) is 0 Å². The summed E-state index contributed by atoms with van der Waals surface area (Å²) in [6.45, 7) is 8.27. The first kappa shape index (κ1) is 32.1. The Hall–Kier alpha value is -5.35. The first-order valence-electron chi connectivity index (χ1n) is 15.7. The second-order valence-electron chi connectivity index (χ2n) is 10.4. The van der Waals surface area contributed by atoms with Gasteiger partial charge in [0.05, 0.1) is 17.9 Å². The zero-order chi connectivity index (χ0) is 32.5. The van der Waals surface area contributed by atoms with Crippen LogP contribution in [0.5, 0.6) is 5.75 Å². The summed E-state index contributed by atoms with van der Waals surface area (Å²) in [7, 11) is 0. The third kappa shape index (κ3) is 6.82.